The fourth-order valence-electron chi connectivity index (χ4n) is 4.23. The molecule has 2 aliphatic rings. The first-order valence-electron chi connectivity index (χ1n) is 8.84. The maximum Gasteiger partial charge on any atom is 0.0615 e. The van der Waals surface area contributed by atoms with E-state index in [-0.39, 0.29) is 12.1 Å². The molecule has 2 unspecified atom stereocenters. The highest BCUT2D eigenvalue weighted by atomic mass is 16.3. The summed E-state index contributed by atoms with van der Waals surface area (Å²) in [5.41, 5.74) is -0.000531. The van der Waals surface area contributed by atoms with Gasteiger partial charge in [0.1, 0.15) is 0 Å². The van der Waals surface area contributed by atoms with Crippen LogP contribution in [0.25, 0.3) is 0 Å². The first kappa shape index (κ1) is 17.2. The minimum Gasteiger partial charge on any atom is -0.394 e. The van der Waals surface area contributed by atoms with Crippen LogP contribution in [0.4, 0.5) is 0 Å². The zero-order chi connectivity index (χ0) is 15.3. The van der Waals surface area contributed by atoms with Gasteiger partial charge in [-0.15, -0.1) is 0 Å². The summed E-state index contributed by atoms with van der Waals surface area (Å²) in [6.45, 7) is 12.2. The molecule has 0 spiro atoms. The molecule has 1 saturated heterocycles. The van der Waals surface area contributed by atoms with Crippen molar-refractivity contribution in [3.8, 4) is 0 Å². The standard InChI is InChI=1S/C17H35N3O/c1-15(2)13-20-11-9-19(10-12-20)8-6-16-5-4-7-17(16,14-21)18-3/h15-16,18,21H,4-14H2,1-3H3. The molecule has 4 heteroatoms. The second-order valence-corrected chi connectivity index (χ2v) is 7.48. The Labute approximate surface area is 130 Å². The normalized spacial score (nSPS) is 32.1. The molecule has 2 N–H and O–H groups in total. The molecule has 0 bridgehead atoms. The Balaban J connectivity index is 1.72. The number of nitrogens with one attached hydrogen (secondary N) is 1. The number of likely N-dealkylation sites (N-methyl/N-ethyl adjacent to an activating group) is 1. The van der Waals surface area contributed by atoms with E-state index in [1.54, 1.807) is 0 Å². The number of piperazine rings is 1. The van der Waals surface area contributed by atoms with Gasteiger partial charge in [0.15, 0.2) is 0 Å². The van der Waals surface area contributed by atoms with E-state index >= 15 is 0 Å². The van der Waals surface area contributed by atoms with E-state index in [0.717, 1.165) is 12.3 Å². The van der Waals surface area contributed by atoms with Gasteiger partial charge in [0.25, 0.3) is 0 Å². The third kappa shape index (κ3) is 4.41. The molecule has 0 amide bonds. The number of rotatable bonds is 7. The molecule has 0 aromatic rings. The number of aliphatic hydroxyl groups is 1. The average Bonchev–Trinajstić information content (AvgIpc) is 2.89. The van der Waals surface area contributed by atoms with Crippen molar-refractivity contribution in [2.75, 3.05) is 52.9 Å². The van der Waals surface area contributed by atoms with Crippen molar-refractivity contribution in [3.63, 3.8) is 0 Å². The van der Waals surface area contributed by atoms with Crippen LogP contribution in [0.1, 0.15) is 39.5 Å². The van der Waals surface area contributed by atoms with Crippen molar-refractivity contribution >= 4 is 0 Å². The Morgan fingerprint density at radius 3 is 2.43 bits per heavy atom. The lowest BCUT2D eigenvalue weighted by Crippen LogP contribution is -2.51. The van der Waals surface area contributed by atoms with Crippen LogP contribution in [-0.4, -0.2) is 73.4 Å². The summed E-state index contributed by atoms with van der Waals surface area (Å²) in [6.07, 6.45) is 4.89. The van der Waals surface area contributed by atoms with Crippen LogP contribution >= 0.6 is 0 Å². The van der Waals surface area contributed by atoms with Gasteiger partial charge in [-0.3, -0.25) is 0 Å². The molecule has 124 valence electrons. The third-order valence-corrected chi connectivity index (χ3v) is 5.62. The zero-order valence-corrected chi connectivity index (χ0v) is 14.3. The highest BCUT2D eigenvalue weighted by Crippen LogP contribution is 2.37. The second-order valence-electron chi connectivity index (χ2n) is 7.48. The van der Waals surface area contributed by atoms with Crippen LogP contribution in [0.15, 0.2) is 0 Å². The predicted octanol–water partition coefficient (Wildman–Crippen LogP) is 1.40. The SMILES string of the molecule is CNC1(CO)CCCC1CCN1CCN(CC(C)C)CC1. The van der Waals surface area contributed by atoms with E-state index in [9.17, 15) is 5.11 Å². The molecule has 0 aromatic carbocycles. The average molecular weight is 297 g/mol. The Morgan fingerprint density at radius 1 is 1.19 bits per heavy atom. The number of hydrogen-bond acceptors (Lipinski definition) is 4. The van der Waals surface area contributed by atoms with E-state index in [2.05, 4.69) is 29.0 Å². The van der Waals surface area contributed by atoms with Crippen molar-refractivity contribution in [2.24, 2.45) is 11.8 Å². The van der Waals surface area contributed by atoms with Gasteiger partial charge in [-0.25, -0.2) is 0 Å². The minimum absolute atomic E-state index is 0.000531. The fourth-order valence-corrected chi connectivity index (χ4v) is 4.23. The molecule has 1 aliphatic carbocycles. The highest BCUT2D eigenvalue weighted by molar-refractivity contribution is 4.98. The van der Waals surface area contributed by atoms with Crippen molar-refractivity contribution in [1.82, 2.24) is 15.1 Å². The lowest BCUT2D eigenvalue weighted by Gasteiger charge is -2.38. The summed E-state index contributed by atoms with van der Waals surface area (Å²) >= 11 is 0. The Morgan fingerprint density at radius 2 is 1.86 bits per heavy atom. The van der Waals surface area contributed by atoms with Gasteiger partial charge in [0.2, 0.25) is 0 Å². The summed E-state index contributed by atoms with van der Waals surface area (Å²) < 4.78 is 0. The Bertz CT molecular complexity index is 296. The molecule has 2 rings (SSSR count). The summed E-state index contributed by atoms with van der Waals surface area (Å²) in [5, 5.41) is 13.2. The zero-order valence-electron chi connectivity index (χ0n) is 14.3. The predicted molar refractivity (Wildman–Crippen MR) is 88.6 cm³/mol. The molecule has 1 heterocycles. The van der Waals surface area contributed by atoms with E-state index in [1.807, 2.05) is 7.05 Å². The lowest BCUT2D eigenvalue weighted by molar-refractivity contribution is 0.0950. The van der Waals surface area contributed by atoms with Gasteiger partial charge >= 0.3 is 0 Å². The first-order chi connectivity index (χ1) is 10.1. The molecule has 1 saturated carbocycles. The van der Waals surface area contributed by atoms with Gasteiger partial charge in [-0.05, 0) is 44.7 Å². The summed E-state index contributed by atoms with van der Waals surface area (Å²) in [7, 11) is 2.01. The monoisotopic (exact) mass is 297 g/mol. The molecule has 2 atom stereocenters. The molecule has 21 heavy (non-hydrogen) atoms. The number of hydrogen-bond donors (Lipinski definition) is 2. The third-order valence-electron chi connectivity index (χ3n) is 5.62. The minimum atomic E-state index is -0.000531. The van der Waals surface area contributed by atoms with Crippen LogP contribution < -0.4 is 5.32 Å². The lowest BCUT2D eigenvalue weighted by atomic mass is 9.85. The molecule has 1 aliphatic heterocycles. The summed E-state index contributed by atoms with van der Waals surface area (Å²) in [6, 6.07) is 0. The molecule has 0 aromatic heterocycles. The van der Waals surface area contributed by atoms with E-state index in [1.165, 1.54) is 58.5 Å². The topological polar surface area (TPSA) is 38.7 Å². The largest absolute Gasteiger partial charge is 0.394 e. The maximum absolute atomic E-state index is 9.76. The smallest absolute Gasteiger partial charge is 0.0615 e. The molecular weight excluding hydrogens is 262 g/mol. The van der Waals surface area contributed by atoms with Crippen LogP contribution in [0.3, 0.4) is 0 Å². The first-order valence-corrected chi connectivity index (χ1v) is 8.84. The Hall–Kier alpha value is -0.160. The Kier molecular flexibility index (Phi) is 6.48. The van der Waals surface area contributed by atoms with Gasteiger partial charge < -0.3 is 20.2 Å². The van der Waals surface area contributed by atoms with Crippen LogP contribution in [0.2, 0.25) is 0 Å². The van der Waals surface area contributed by atoms with Crippen molar-refractivity contribution < 1.29 is 5.11 Å². The van der Waals surface area contributed by atoms with Crippen molar-refractivity contribution in [1.29, 1.82) is 0 Å². The van der Waals surface area contributed by atoms with Gasteiger partial charge in [-0.1, -0.05) is 20.3 Å². The summed E-state index contributed by atoms with van der Waals surface area (Å²) in [5.74, 6) is 1.41. The van der Waals surface area contributed by atoms with Crippen molar-refractivity contribution in [2.45, 2.75) is 45.1 Å². The summed E-state index contributed by atoms with van der Waals surface area (Å²) in [4.78, 5) is 5.22. The number of aliphatic hydroxyl groups excluding tert-OH is 1. The molecule has 2 fully saturated rings. The van der Waals surface area contributed by atoms with Crippen molar-refractivity contribution in [3.05, 3.63) is 0 Å². The second kappa shape index (κ2) is 7.91. The van der Waals surface area contributed by atoms with Gasteiger partial charge in [-0.2, -0.15) is 0 Å². The van der Waals surface area contributed by atoms with Crippen LogP contribution in [0, 0.1) is 11.8 Å². The molecule has 0 radical (unpaired) electrons. The molecular formula is C17H35N3O. The van der Waals surface area contributed by atoms with Gasteiger partial charge in [0, 0.05) is 38.3 Å². The van der Waals surface area contributed by atoms with Crippen LogP contribution in [-0.2, 0) is 0 Å². The van der Waals surface area contributed by atoms with E-state index in [4.69, 9.17) is 0 Å². The van der Waals surface area contributed by atoms with E-state index < -0.39 is 0 Å². The van der Waals surface area contributed by atoms with E-state index in [0.29, 0.717) is 5.92 Å². The molecule has 4 nitrogen and oxygen atoms in total. The number of nitrogens with zero attached hydrogens (tertiary/aromatic N) is 2. The highest BCUT2D eigenvalue weighted by Gasteiger charge is 2.40. The quantitative estimate of drug-likeness (QED) is 0.745. The fraction of sp³-hybridized carbons (Fsp3) is 1.00. The maximum atomic E-state index is 9.76. The van der Waals surface area contributed by atoms with Crippen LogP contribution in [0.5, 0.6) is 0 Å². The van der Waals surface area contributed by atoms with Gasteiger partial charge in [0.05, 0.1) is 6.61 Å².